The van der Waals surface area contributed by atoms with Gasteiger partial charge in [0.1, 0.15) is 5.75 Å². The van der Waals surface area contributed by atoms with E-state index in [1.54, 1.807) is 61.5 Å². The van der Waals surface area contributed by atoms with Gasteiger partial charge in [-0.05, 0) is 61.9 Å². The van der Waals surface area contributed by atoms with Crippen LogP contribution in [0.2, 0.25) is 5.02 Å². The second-order valence-electron chi connectivity index (χ2n) is 6.43. The highest BCUT2D eigenvalue weighted by molar-refractivity contribution is 6.30. The van der Waals surface area contributed by atoms with Crippen LogP contribution in [0.25, 0.3) is 0 Å². The molecule has 0 aromatic heterocycles. The Morgan fingerprint density at radius 3 is 2.39 bits per heavy atom. The summed E-state index contributed by atoms with van der Waals surface area (Å²) in [5.74, 6) is 0.156. The largest absolute Gasteiger partial charge is 0.482 e. The number of halogens is 1. The number of hydrogen-bond donors (Lipinski definition) is 1. The molecule has 3 aromatic carbocycles. The lowest BCUT2D eigenvalue weighted by Crippen LogP contribution is -2.24. The fourth-order valence-corrected chi connectivity index (χ4v) is 2.91. The Labute approximate surface area is 169 Å². The van der Waals surface area contributed by atoms with Gasteiger partial charge in [0.15, 0.2) is 6.10 Å². The molecule has 1 unspecified atom stereocenters. The molecule has 0 heterocycles. The summed E-state index contributed by atoms with van der Waals surface area (Å²) >= 11 is 5.86. The van der Waals surface area contributed by atoms with Crippen molar-refractivity contribution in [3.8, 4) is 5.75 Å². The maximum absolute atomic E-state index is 12.5. The van der Waals surface area contributed by atoms with Crippen molar-refractivity contribution in [1.29, 1.82) is 0 Å². The van der Waals surface area contributed by atoms with Crippen LogP contribution in [0.1, 0.15) is 33.2 Å². The summed E-state index contributed by atoms with van der Waals surface area (Å²) in [7, 11) is 0. The predicted octanol–water partition coefficient (Wildman–Crippen LogP) is 5.55. The second-order valence-corrected chi connectivity index (χ2v) is 6.86. The van der Waals surface area contributed by atoms with Crippen molar-refractivity contribution in [3.05, 3.63) is 94.5 Å². The van der Waals surface area contributed by atoms with Crippen LogP contribution in [0, 0.1) is 6.92 Å². The third kappa shape index (κ3) is 4.78. The lowest BCUT2D eigenvalue weighted by molar-refractivity contribution is 0.0818. The number of carbonyl (C=O) groups excluding carboxylic acids is 2. The van der Waals surface area contributed by atoms with Crippen LogP contribution in [-0.4, -0.2) is 17.8 Å². The van der Waals surface area contributed by atoms with Gasteiger partial charge in [0.2, 0.25) is 5.78 Å². The van der Waals surface area contributed by atoms with E-state index in [4.69, 9.17) is 16.3 Å². The molecule has 0 saturated carbocycles. The van der Waals surface area contributed by atoms with Crippen molar-refractivity contribution in [2.75, 3.05) is 5.32 Å². The van der Waals surface area contributed by atoms with Crippen LogP contribution < -0.4 is 10.1 Å². The van der Waals surface area contributed by atoms with E-state index in [2.05, 4.69) is 5.32 Å². The Hall–Kier alpha value is -3.11. The minimum absolute atomic E-state index is 0.147. The number of aryl methyl sites for hydroxylation is 1. The average Bonchev–Trinajstić information content (AvgIpc) is 2.68. The van der Waals surface area contributed by atoms with E-state index in [1.807, 2.05) is 25.1 Å². The molecule has 1 atom stereocenters. The molecule has 0 saturated heterocycles. The third-order valence-electron chi connectivity index (χ3n) is 4.29. The molecule has 28 heavy (non-hydrogen) atoms. The van der Waals surface area contributed by atoms with Crippen LogP contribution in [0.4, 0.5) is 5.69 Å². The third-order valence-corrected chi connectivity index (χ3v) is 4.54. The Kier molecular flexibility index (Phi) is 6.12. The number of anilines is 1. The number of rotatable bonds is 6. The SMILES string of the molecule is Cc1ccccc1C(=O)Nc1cccc(OC(C)C(=O)c2ccc(Cl)cc2)c1. The number of amides is 1. The number of nitrogens with one attached hydrogen (secondary N) is 1. The first-order valence-corrected chi connectivity index (χ1v) is 9.25. The van der Waals surface area contributed by atoms with Gasteiger partial charge in [-0.2, -0.15) is 0 Å². The zero-order chi connectivity index (χ0) is 20.1. The summed E-state index contributed by atoms with van der Waals surface area (Å²) in [4.78, 5) is 25.0. The Morgan fingerprint density at radius 2 is 1.68 bits per heavy atom. The van der Waals surface area contributed by atoms with Crippen LogP contribution in [-0.2, 0) is 0 Å². The van der Waals surface area contributed by atoms with E-state index in [-0.39, 0.29) is 11.7 Å². The highest BCUT2D eigenvalue weighted by Crippen LogP contribution is 2.21. The molecule has 5 heteroatoms. The molecular formula is C23H20ClNO3. The molecule has 0 radical (unpaired) electrons. The normalized spacial score (nSPS) is 11.5. The number of benzene rings is 3. The Morgan fingerprint density at radius 1 is 0.964 bits per heavy atom. The molecule has 1 N–H and O–H groups in total. The van der Waals surface area contributed by atoms with E-state index < -0.39 is 6.10 Å². The molecule has 3 rings (SSSR count). The van der Waals surface area contributed by atoms with Crippen LogP contribution in [0.5, 0.6) is 5.75 Å². The summed E-state index contributed by atoms with van der Waals surface area (Å²) < 4.78 is 5.78. The van der Waals surface area contributed by atoms with Crippen molar-refractivity contribution in [3.63, 3.8) is 0 Å². The van der Waals surface area contributed by atoms with Crippen molar-refractivity contribution >= 4 is 29.0 Å². The minimum Gasteiger partial charge on any atom is -0.482 e. The van der Waals surface area contributed by atoms with Crippen LogP contribution in [0.15, 0.2) is 72.8 Å². The topological polar surface area (TPSA) is 55.4 Å². The first-order chi connectivity index (χ1) is 13.4. The van der Waals surface area contributed by atoms with E-state index in [9.17, 15) is 9.59 Å². The maximum Gasteiger partial charge on any atom is 0.255 e. The highest BCUT2D eigenvalue weighted by atomic mass is 35.5. The summed E-state index contributed by atoms with van der Waals surface area (Å²) in [5, 5.41) is 3.43. The highest BCUT2D eigenvalue weighted by Gasteiger charge is 2.17. The van der Waals surface area contributed by atoms with Crippen molar-refractivity contribution < 1.29 is 14.3 Å². The predicted molar refractivity (Wildman–Crippen MR) is 111 cm³/mol. The van der Waals surface area contributed by atoms with Gasteiger partial charge in [0.05, 0.1) is 0 Å². The van der Waals surface area contributed by atoms with E-state index in [1.165, 1.54) is 0 Å². The zero-order valence-electron chi connectivity index (χ0n) is 15.6. The molecule has 0 bridgehead atoms. The Balaban J connectivity index is 1.69. The van der Waals surface area contributed by atoms with Gasteiger partial charge in [0, 0.05) is 27.9 Å². The van der Waals surface area contributed by atoms with Gasteiger partial charge in [0.25, 0.3) is 5.91 Å². The number of Topliss-reactive ketones (excluding diaryl/α,β-unsaturated/α-hetero) is 1. The van der Waals surface area contributed by atoms with Crippen molar-refractivity contribution in [2.24, 2.45) is 0 Å². The molecule has 0 fully saturated rings. The molecule has 3 aromatic rings. The van der Waals surface area contributed by atoms with Gasteiger partial charge in [-0.15, -0.1) is 0 Å². The second kappa shape index (κ2) is 8.72. The molecule has 1 amide bonds. The molecule has 0 aliphatic rings. The first-order valence-electron chi connectivity index (χ1n) is 8.87. The van der Waals surface area contributed by atoms with Crippen molar-refractivity contribution in [1.82, 2.24) is 0 Å². The lowest BCUT2D eigenvalue weighted by atomic mass is 10.1. The standard InChI is InChI=1S/C23H20ClNO3/c1-15-6-3-4-9-21(15)23(27)25-19-7-5-8-20(14-19)28-16(2)22(26)17-10-12-18(24)13-11-17/h3-14,16H,1-2H3,(H,25,27). The lowest BCUT2D eigenvalue weighted by Gasteiger charge is -2.15. The van der Waals surface area contributed by atoms with Gasteiger partial charge in [-0.25, -0.2) is 0 Å². The first kappa shape index (κ1) is 19.6. The van der Waals surface area contributed by atoms with Gasteiger partial charge in [-0.1, -0.05) is 35.9 Å². The Bertz CT molecular complexity index is 999. The fourth-order valence-electron chi connectivity index (χ4n) is 2.78. The summed E-state index contributed by atoms with van der Waals surface area (Å²) in [5.41, 5.74) is 2.63. The molecule has 4 nitrogen and oxygen atoms in total. The molecule has 0 spiro atoms. The number of ketones is 1. The number of ether oxygens (including phenoxy) is 1. The van der Waals surface area contributed by atoms with Crippen LogP contribution >= 0.6 is 11.6 Å². The quantitative estimate of drug-likeness (QED) is 0.558. The summed E-state index contributed by atoms with van der Waals surface area (Å²) in [6, 6.07) is 21.0. The van der Waals surface area contributed by atoms with Gasteiger partial charge in [-0.3, -0.25) is 9.59 Å². The molecular weight excluding hydrogens is 374 g/mol. The monoisotopic (exact) mass is 393 g/mol. The maximum atomic E-state index is 12.5. The molecule has 0 aliphatic carbocycles. The van der Waals surface area contributed by atoms with E-state index in [0.29, 0.717) is 27.6 Å². The molecule has 0 aliphatic heterocycles. The van der Waals surface area contributed by atoms with Gasteiger partial charge < -0.3 is 10.1 Å². The zero-order valence-corrected chi connectivity index (χ0v) is 16.4. The molecule has 142 valence electrons. The van der Waals surface area contributed by atoms with Gasteiger partial charge >= 0.3 is 0 Å². The van der Waals surface area contributed by atoms with Crippen LogP contribution in [0.3, 0.4) is 0 Å². The summed E-state index contributed by atoms with van der Waals surface area (Å²) in [6.07, 6.45) is -0.677. The smallest absolute Gasteiger partial charge is 0.255 e. The fraction of sp³-hybridized carbons (Fsp3) is 0.130. The van der Waals surface area contributed by atoms with E-state index >= 15 is 0 Å². The number of hydrogen-bond acceptors (Lipinski definition) is 3. The minimum atomic E-state index is -0.677. The van der Waals surface area contributed by atoms with Crippen molar-refractivity contribution in [2.45, 2.75) is 20.0 Å². The summed E-state index contributed by atoms with van der Waals surface area (Å²) in [6.45, 7) is 3.58. The average molecular weight is 394 g/mol. The number of carbonyl (C=O) groups is 2. The van der Waals surface area contributed by atoms with E-state index in [0.717, 1.165) is 5.56 Å².